The van der Waals surface area contributed by atoms with Crippen molar-refractivity contribution in [1.82, 2.24) is 10.2 Å². The van der Waals surface area contributed by atoms with Crippen LogP contribution in [0.25, 0.3) is 10.8 Å². The van der Waals surface area contributed by atoms with Gasteiger partial charge in [-0.1, -0.05) is 36.4 Å². The van der Waals surface area contributed by atoms with Gasteiger partial charge in [-0.15, -0.1) is 0 Å². The van der Waals surface area contributed by atoms with Gasteiger partial charge in [-0.05, 0) is 50.2 Å². The van der Waals surface area contributed by atoms with Gasteiger partial charge in [-0.25, -0.2) is 0 Å². The molecule has 0 spiro atoms. The average molecular weight is 367 g/mol. The number of fused-ring (bicyclic) bond motifs is 1. The summed E-state index contributed by atoms with van der Waals surface area (Å²) in [6.07, 6.45) is 2.04. The first-order valence-corrected chi connectivity index (χ1v) is 9.83. The first-order chi connectivity index (χ1) is 13.1. The number of anilines is 1. The minimum atomic E-state index is 0.0290. The largest absolute Gasteiger partial charge is 0.356 e. The van der Waals surface area contributed by atoms with E-state index in [0.29, 0.717) is 19.0 Å². The third-order valence-corrected chi connectivity index (χ3v) is 5.38. The van der Waals surface area contributed by atoms with Gasteiger partial charge in [0.2, 0.25) is 11.8 Å². The van der Waals surface area contributed by atoms with E-state index in [-0.39, 0.29) is 11.8 Å². The van der Waals surface area contributed by atoms with Gasteiger partial charge in [0, 0.05) is 25.4 Å². The first kappa shape index (κ1) is 19.4. The highest BCUT2D eigenvalue weighted by Gasteiger charge is 2.23. The van der Waals surface area contributed by atoms with E-state index in [9.17, 15) is 9.59 Å². The highest BCUT2D eigenvalue weighted by Crippen LogP contribution is 2.27. The lowest BCUT2D eigenvalue weighted by Gasteiger charge is -2.33. The predicted molar refractivity (Wildman–Crippen MR) is 110 cm³/mol. The van der Waals surface area contributed by atoms with Crippen LogP contribution in [0.5, 0.6) is 0 Å². The molecule has 1 aliphatic rings. The summed E-state index contributed by atoms with van der Waals surface area (Å²) >= 11 is 0. The first-order valence-electron chi connectivity index (χ1n) is 9.83. The monoisotopic (exact) mass is 367 g/mol. The fourth-order valence-electron chi connectivity index (χ4n) is 3.84. The zero-order chi connectivity index (χ0) is 19.2. The Hall–Kier alpha value is -2.40. The van der Waals surface area contributed by atoms with Crippen LogP contribution in [-0.4, -0.2) is 49.4 Å². The van der Waals surface area contributed by atoms with Crippen LogP contribution in [0.2, 0.25) is 0 Å². The maximum absolute atomic E-state index is 13.0. The number of hydrogen-bond acceptors (Lipinski definition) is 3. The van der Waals surface area contributed by atoms with Crippen molar-refractivity contribution in [2.45, 2.75) is 26.7 Å². The Labute approximate surface area is 161 Å². The molecule has 0 saturated carbocycles. The van der Waals surface area contributed by atoms with E-state index in [1.807, 2.05) is 36.1 Å². The molecule has 0 radical (unpaired) electrons. The molecule has 1 fully saturated rings. The van der Waals surface area contributed by atoms with Crippen molar-refractivity contribution in [3.05, 3.63) is 42.5 Å². The molecule has 0 aliphatic carbocycles. The van der Waals surface area contributed by atoms with Crippen LogP contribution in [0.1, 0.15) is 26.7 Å². The van der Waals surface area contributed by atoms with Crippen molar-refractivity contribution in [1.29, 1.82) is 0 Å². The Kier molecular flexibility index (Phi) is 6.45. The third-order valence-electron chi connectivity index (χ3n) is 5.38. The highest BCUT2D eigenvalue weighted by atomic mass is 16.2. The molecule has 0 bridgehead atoms. The summed E-state index contributed by atoms with van der Waals surface area (Å²) < 4.78 is 0. The third kappa shape index (κ3) is 4.86. The summed E-state index contributed by atoms with van der Waals surface area (Å²) in [7, 11) is 0. The van der Waals surface area contributed by atoms with Crippen LogP contribution in [0.4, 0.5) is 5.69 Å². The molecule has 1 heterocycles. The molecule has 3 rings (SSSR count). The molecule has 1 aliphatic heterocycles. The van der Waals surface area contributed by atoms with Crippen LogP contribution >= 0.6 is 0 Å². The second kappa shape index (κ2) is 9.00. The molecule has 0 unspecified atom stereocenters. The molecule has 5 nitrogen and oxygen atoms in total. The number of hydrogen-bond donors (Lipinski definition) is 1. The number of likely N-dealkylation sites (tertiary alicyclic amines) is 1. The second-order valence-corrected chi connectivity index (χ2v) is 7.29. The minimum Gasteiger partial charge on any atom is -0.356 e. The normalized spacial score (nSPS) is 15.6. The number of piperidine rings is 1. The Balaban J connectivity index is 1.62. The summed E-state index contributed by atoms with van der Waals surface area (Å²) in [4.78, 5) is 28.2. The Bertz CT molecular complexity index is 792. The van der Waals surface area contributed by atoms with Crippen LogP contribution in [0.15, 0.2) is 42.5 Å². The van der Waals surface area contributed by atoms with Crippen LogP contribution in [0, 0.1) is 5.92 Å². The molecule has 1 saturated heterocycles. The molecular weight excluding hydrogens is 338 g/mol. The summed E-state index contributed by atoms with van der Waals surface area (Å²) in [5.74, 6) is 0.691. The molecule has 144 valence electrons. The van der Waals surface area contributed by atoms with E-state index in [0.717, 1.165) is 48.9 Å². The van der Waals surface area contributed by atoms with E-state index >= 15 is 0 Å². The molecule has 2 aromatic rings. The maximum atomic E-state index is 13.0. The molecule has 2 aromatic carbocycles. The maximum Gasteiger partial charge on any atom is 0.241 e. The summed E-state index contributed by atoms with van der Waals surface area (Å²) in [6, 6.07) is 14.3. The quantitative estimate of drug-likeness (QED) is 0.854. The van der Waals surface area contributed by atoms with Crippen molar-refractivity contribution >= 4 is 28.3 Å². The number of amides is 2. The van der Waals surface area contributed by atoms with Crippen molar-refractivity contribution in [2.24, 2.45) is 5.92 Å². The van der Waals surface area contributed by atoms with Crippen molar-refractivity contribution < 1.29 is 9.59 Å². The molecular formula is C22H29N3O2. The molecule has 5 heteroatoms. The fourth-order valence-corrected chi connectivity index (χ4v) is 3.84. The minimum absolute atomic E-state index is 0.0290. The number of rotatable bonds is 6. The van der Waals surface area contributed by atoms with E-state index < -0.39 is 0 Å². The van der Waals surface area contributed by atoms with E-state index in [1.54, 1.807) is 6.92 Å². The highest BCUT2D eigenvalue weighted by molar-refractivity contribution is 6.04. The van der Waals surface area contributed by atoms with Crippen molar-refractivity contribution in [3.63, 3.8) is 0 Å². The van der Waals surface area contributed by atoms with Crippen LogP contribution in [-0.2, 0) is 9.59 Å². The van der Waals surface area contributed by atoms with Gasteiger partial charge in [0.05, 0.1) is 12.2 Å². The van der Waals surface area contributed by atoms with E-state index in [1.165, 1.54) is 0 Å². The number of nitrogens with zero attached hydrogens (tertiary/aromatic N) is 2. The second-order valence-electron chi connectivity index (χ2n) is 7.29. The number of carbonyl (C=O) groups is 2. The number of carbonyl (C=O) groups excluding carboxylic acids is 2. The summed E-state index contributed by atoms with van der Waals surface area (Å²) in [5.41, 5.74) is 0.987. The van der Waals surface area contributed by atoms with Crippen LogP contribution in [0.3, 0.4) is 0 Å². The molecule has 0 aromatic heterocycles. The molecule has 1 N–H and O–H groups in total. The predicted octanol–water partition coefficient (Wildman–Crippen LogP) is 3.04. The van der Waals surface area contributed by atoms with Gasteiger partial charge in [0.15, 0.2) is 0 Å². The molecule has 27 heavy (non-hydrogen) atoms. The fraction of sp³-hybridized carbons (Fsp3) is 0.455. The summed E-state index contributed by atoms with van der Waals surface area (Å²) in [6.45, 7) is 7.25. The zero-order valence-corrected chi connectivity index (χ0v) is 16.3. The van der Waals surface area contributed by atoms with Crippen LogP contribution < -0.4 is 10.2 Å². The Morgan fingerprint density at radius 3 is 2.52 bits per heavy atom. The number of nitrogens with one attached hydrogen (secondary N) is 1. The topological polar surface area (TPSA) is 52.7 Å². The smallest absolute Gasteiger partial charge is 0.241 e. The zero-order valence-electron chi connectivity index (χ0n) is 16.3. The van der Waals surface area contributed by atoms with Crippen molar-refractivity contribution in [3.8, 4) is 0 Å². The van der Waals surface area contributed by atoms with Gasteiger partial charge in [0.25, 0.3) is 0 Å². The van der Waals surface area contributed by atoms with Gasteiger partial charge >= 0.3 is 0 Å². The van der Waals surface area contributed by atoms with Crippen molar-refractivity contribution in [2.75, 3.05) is 37.6 Å². The van der Waals surface area contributed by atoms with Gasteiger partial charge in [0.1, 0.15) is 0 Å². The van der Waals surface area contributed by atoms with E-state index in [4.69, 9.17) is 0 Å². The van der Waals surface area contributed by atoms with Gasteiger partial charge < -0.3 is 10.2 Å². The number of benzene rings is 2. The summed E-state index contributed by atoms with van der Waals surface area (Å²) in [5, 5.41) is 5.17. The van der Waals surface area contributed by atoms with Gasteiger partial charge in [-0.2, -0.15) is 0 Å². The lowest BCUT2D eigenvalue weighted by atomic mass is 9.97. The van der Waals surface area contributed by atoms with E-state index in [2.05, 4.69) is 28.4 Å². The molecule has 2 amide bonds. The lowest BCUT2D eigenvalue weighted by Crippen LogP contribution is -2.44. The number of likely N-dealkylation sites (N-methyl/N-ethyl adjacent to an activating group) is 1. The van der Waals surface area contributed by atoms with Gasteiger partial charge in [-0.3, -0.25) is 14.5 Å². The standard InChI is InChI=1S/C22H29N3O2/c1-3-25(21-10-6-8-19-7-4-5-9-20(19)21)22(27)16-24-13-11-18(12-14-24)15-23-17(2)26/h4-10,18H,3,11-16H2,1-2H3,(H,23,26). The SMILES string of the molecule is CCN(C(=O)CN1CCC(CNC(C)=O)CC1)c1cccc2ccccc12. The Morgan fingerprint density at radius 2 is 1.81 bits per heavy atom. The lowest BCUT2D eigenvalue weighted by molar-refractivity contribution is -0.120. The molecule has 0 atom stereocenters. The Morgan fingerprint density at radius 1 is 1.11 bits per heavy atom. The average Bonchev–Trinajstić information content (AvgIpc) is 2.68.